The van der Waals surface area contributed by atoms with Crippen LogP contribution in [-0.2, 0) is 10.0 Å². The summed E-state index contributed by atoms with van der Waals surface area (Å²) in [5.74, 6) is 0.0684. The summed E-state index contributed by atoms with van der Waals surface area (Å²) >= 11 is 0. The van der Waals surface area contributed by atoms with Crippen molar-refractivity contribution in [2.75, 3.05) is 23.7 Å². The van der Waals surface area contributed by atoms with Gasteiger partial charge in [-0.1, -0.05) is 18.2 Å². The molecular formula is C11H17NO3S. The van der Waals surface area contributed by atoms with Gasteiger partial charge in [-0.05, 0) is 25.0 Å². The van der Waals surface area contributed by atoms with Crippen molar-refractivity contribution in [1.82, 2.24) is 0 Å². The van der Waals surface area contributed by atoms with Crippen molar-refractivity contribution in [2.45, 2.75) is 12.8 Å². The molecule has 0 aliphatic rings. The fraction of sp³-hybridized carbons (Fsp3) is 0.455. The zero-order chi connectivity index (χ0) is 12.0. The number of benzene rings is 1. The molecule has 16 heavy (non-hydrogen) atoms. The average molecular weight is 243 g/mol. The number of sulfonamides is 1. The molecule has 0 atom stereocenters. The lowest BCUT2D eigenvalue weighted by Crippen LogP contribution is -2.29. The number of hydrogen-bond donors (Lipinski definition) is 1. The molecule has 0 unspecified atom stereocenters. The number of hydrogen-bond acceptors (Lipinski definition) is 3. The fourth-order valence-corrected chi connectivity index (χ4v) is 2.62. The minimum absolute atomic E-state index is 0.0323. The van der Waals surface area contributed by atoms with Crippen LogP contribution in [0.5, 0.6) is 0 Å². The summed E-state index contributed by atoms with van der Waals surface area (Å²) in [4.78, 5) is 0. The first-order chi connectivity index (χ1) is 7.58. The van der Waals surface area contributed by atoms with Gasteiger partial charge in [0.05, 0.1) is 11.4 Å². The molecule has 4 nitrogen and oxygen atoms in total. The van der Waals surface area contributed by atoms with Crippen LogP contribution in [0.3, 0.4) is 0 Å². The van der Waals surface area contributed by atoms with Crippen molar-refractivity contribution >= 4 is 15.7 Å². The van der Waals surface area contributed by atoms with E-state index in [1.54, 1.807) is 31.3 Å². The Labute approximate surface area is 96.6 Å². The summed E-state index contributed by atoms with van der Waals surface area (Å²) in [6.45, 7) is 0.0323. The minimum atomic E-state index is -3.26. The molecule has 0 bridgehead atoms. The maximum atomic E-state index is 11.9. The van der Waals surface area contributed by atoms with Gasteiger partial charge in [-0.25, -0.2) is 8.42 Å². The molecule has 1 aromatic carbocycles. The second-order valence-corrected chi connectivity index (χ2v) is 5.67. The Bertz CT molecular complexity index is 402. The quantitative estimate of drug-likeness (QED) is 0.764. The lowest BCUT2D eigenvalue weighted by atomic mass is 10.3. The van der Waals surface area contributed by atoms with Gasteiger partial charge in [0.15, 0.2) is 0 Å². The number of unbranched alkanes of at least 4 members (excludes halogenated alkanes) is 1. The number of para-hydroxylation sites is 1. The van der Waals surface area contributed by atoms with Crippen LogP contribution < -0.4 is 4.31 Å². The Kier molecular flexibility index (Phi) is 4.76. The Balaban J connectivity index is 2.69. The summed E-state index contributed by atoms with van der Waals surface area (Å²) in [5.41, 5.74) is 0.659. The summed E-state index contributed by atoms with van der Waals surface area (Å²) in [5, 5.41) is 8.61. The smallest absolute Gasteiger partial charge is 0.234 e. The molecule has 0 spiro atoms. The molecule has 90 valence electrons. The van der Waals surface area contributed by atoms with Gasteiger partial charge < -0.3 is 5.11 Å². The van der Waals surface area contributed by atoms with Crippen molar-refractivity contribution in [3.63, 3.8) is 0 Å². The molecule has 0 saturated carbocycles. The highest BCUT2D eigenvalue weighted by Gasteiger charge is 2.17. The zero-order valence-electron chi connectivity index (χ0n) is 9.33. The Morgan fingerprint density at radius 3 is 2.38 bits per heavy atom. The van der Waals surface area contributed by atoms with Crippen LogP contribution >= 0.6 is 0 Å². The molecule has 0 amide bonds. The number of nitrogens with zero attached hydrogens (tertiary/aromatic N) is 1. The molecule has 0 heterocycles. The van der Waals surface area contributed by atoms with Crippen LogP contribution in [0.15, 0.2) is 30.3 Å². The second kappa shape index (κ2) is 5.86. The van der Waals surface area contributed by atoms with E-state index in [9.17, 15) is 8.42 Å². The van der Waals surface area contributed by atoms with Gasteiger partial charge in [0.1, 0.15) is 0 Å². The van der Waals surface area contributed by atoms with Crippen molar-refractivity contribution < 1.29 is 13.5 Å². The van der Waals surface area contributed by atoms with Gasteiger partial charge in [0.2, 0.25) is 10.0 Å². The fourth-order valence-electron chi connectivity index (χ4n) is 1.33. The van der Waals surface area contributed by atoms with E-state index in [0.29, 0.717) is 18.5 Å². The first-order valence-corrected chi connectivity index (χ1v) is 6.81. The first kappa shape index (κ1) is 13.0. The van der Waals surface area contributed by atoms with Crippen LogP contribution in [-0.4, -0.2) is 32.9 Å². The molecule has 0 fully saturated rings. The summed E-state index contributed by atoms with van der Waals surface area (Å²) in [6.07, 6.45) is 0.998. The van der Waals surface area contributed by atoms with Gasteiger partial charge in [0, 0.05) is 13.7 Å². The van der Waals surface area contributed by atoms with Crippen LogP contribution in [0.2, 0.25) is 0 Å². The van der Waals surface area contributed by atoms with Crippen molar-refractivity contribution in [1.29, 1.82) is 0 Å². The van der Waals surface area contributed by atoms with Crippen molar-refractivity contribution in [2.24, 2.45) is 0 Å². The first-order valence-electron chi connectivity index (χ1n) is 5.20. The SMILES string of the molecule is CN(c1ccccc1)S(=O)(=O)CCCCO. The van der Waals surface area contributed by atoms with E-state index < -0.39 is 10.0 Å². The topological polar surface area (TPSA) is 57.6 Å². The Hall–Kier alpha value is -1.07. The highest BCUT2D eigenvalue weighted by atomic mass is 32.2. The second-order valence-electron chi connectivity index (χ2n) is 3.55. The van der Waals surface area contributed by atoms with E-state index >= 15 is 0 Å². The molecule has 0 saturated heterocycles. The maximum Gasteiger partial charge on any atom is 0.234 e. The van der Waals surface area contributed by atoms with E-state index in [0.717, 1.165) is 0 Å². The molecule has 0 aliphatic carbocycles. The van der Waals surface area contributed by atoms with E-state index in [1.165, 1.54) is 4.31 Å². The number of aliphatic hydroxyl groups is 1. The van der Waals surface area contributed by atoms with Crippen molar-refractivity contribution in [3.8, 4) is 0 Å². The predicted molar refractivity (Wildman–Crippen MR) is 65.0 cm³/mol. The highest BCUT2D eigenvalue weighted by Crippen LogP contribution is 2.15. The normalized spacial score (nSPS) is 11.4. The molecule has 5 heteroatoms. The third-order valence-electron chi connectivity index (χ3n) is 2.35. The number of aliphatic hydroxyl groups excluding tert-OH is 1. The molecule has 1 aromatic rings. The van der Waals surface area contributed by atoms with E-state index in [2.05, 4.69) is 0 Å². The number of rotatable bonds is 6. The van der Waals surface area contributed by atoms with Crippen LogP contribution in [0, 0.1) is 0 Å². The van der Waals surface area contributed by atoms with E-state index in [1.807, 2.05) is 6.07 Å². The maximum absolute atomic E-state index is 11.9. The van der Waals surface area contributed by atoms with Gasteiger partial charge in [-0.3, -0.25) is 4.31 Å². The van der Waals surface area contributed by atoms with Crippen LogP contribution in [0.1, 0.15) is 12.8 Å². The molecule has 1 N–H and O–H groups in total. The molecule has 0 aliphatic heterocycles. The molecule has 1 rings (SSSR count). The summed E-state index contributed by atoms with van der Waals surface area (Å²) < 4.78 is 25.0. The van der Waals surface area contributed by atoms with E-state index in [-0.39, 0.29) is 12.4 Å². The van der Waals surface area contributed by atoms with Crippen LogP contribution in [0.4, 0.5) is 5.69 Å². The van der Waals surface area contributed by atoms with E-state index in [4.69, 9.17) is 5.11 Å². The third-order valence-corrected chi connectivity index (χ3v) is 4.20. The van der Waals surface area contributed by atoms with Gasteiger partial charge in [0.25, 0.3) is 0 Å². The van der Waals surface area contributed by atoms with Gasteiger partial charge in [-0.2, -0.15) is 0 Å². The Morgan fingerprint density at radius 1 is 1.19 bits per heavy atom. The average Bonchev–Trinajstić information content (AvgIpc) is 2.29. The highest BCUT2D eigenvalue weighted by molar-refractivity contribution is 7.92. The Morgan fingerprint density at radius 2 is 1.81 bits per heavy atom. The van der Waals surface area contributed by atoms with Crippen molar-refractivity contribution in [3.05, 3.63) is 30.3 Å². The zero-order valence-corrected chi connectivity index (χ0v) is 10.2. The van der Waals surface area contributed by atoms with Gasteiger partial charge >= 0.3 is 0 Å². The predicted octanol–water partition coefficient (Wildman–Crippen LogP) is 1.23. The molecular weight excluding hydrogens is 226 g/mol. The lowest BCUT2D eigenvalue weighted by molar-refractivity contribution is 0.287. The summed E-state index contributed by atoms with van der Waals surface area (Å²) in [6, 6.07) is 8.95. The monoisotopic (exact) mass is 243 g/mol. The molecule has 0 aromatic heterocycles. The lowest BCUT2D eigenvalue weighted by Gasteiger charge is -2.19. The largest absolute Gasteiger partial charge is 0.396 e. The van der Waals surface area contributed by atoms with Crippen LogP contribution in [0.25, 0.3) is 0 Å². The number of anilines is 1. The summed E-state index contributed by atoms with van der Waals surface area (Å²) in [7, 11) is -1.72. The molecule has 0 radical (unpaired) electrons. The minimum Gasteiger partial charge on any atom is -0.396 e. The standard InChI is InChI=1S/C11H17NO3S/c1-12(11-7-3-2-4-8-11)16(14,15)10-6-5-9-13/h2-4,7-8,13H,5-6,9-10H2,1H3. The van der Waals surface area contributed by atoms with Gasteiger partial charge in [-0.15, -0.1) is 0 Å². The third kappa shape index (κ3) is 3.50.